The molecule has 0 spiro atoms. The lowest BCUT2D eigenvalue weighted by atomic mass is 10.1. The number of aromatic hydroxyl groups is 1. The summed E-state index contributed by atoms with van der Waals surface area (Å²) in [7, 11) is 0. The summed E-state index contributed by atoms with van der Waals surface area (Å²) in [4.78, 5) is 11.9. The molecule has 3 nitrogen and oxygen atoms in total. The number of hydrogen-bond donors (Lipinski definition) is 2. The lowest BCUT2D eigenvalue weighted by Crippen LogP contribution is -2.35. The first kappa shape index (κ1) is 15.0. The van der Waals surface area contributed by atoms with Crippen molar-refractivity contribution in [1.82, 2.24) is 5.32 Å². The molecule has 2 aromatic rings. The Labute approximate surface area is 123 Å². The molecule has 1 unspecified atom stereocenters. The van der Waals surface area contributed by atoms with Crippen LogP contribution in [0.5, 0.6) is 5.75 Å². The lowest BCUT2D eigenvalue weighted by Gasteiger charge is -2.14. The summed E-state index contributed by atoms with van der Waals surface area (Å²) in [6, 6.07) is 12.9. The van der Waals surface area contributed by atoms with E-state index in [1.54, 1.807) is 36.4 Å². The second kappa shape index (κ2) is 6.88. The van der Waals surface area contributed by atoms with Gasteiger partial charge in [0, 0.05) is 6.04 Å². The topological polar surface area (TPSA) is 49.3 Å². The van der Waals surface area contributed by atoms with E-state index in [4.69, 9.17) is 0 Å². The van der Waals surface area contributed by atoms with Gasteiger partial charge in [-0.1, -0.05) is 24.3 Å². The first-order valence-corrected chi connectivity index (χ1v) is 6.84. The van der Waals surface area contributed by atoms with Crippen molar-refractivity contribution in [3.05, 3.63) is 65.5 Å². The molecule has 1 atom stereocenters. The highest BCUT2D eigenvalue weighted by molar-refractivity contribution is 5.78. The van der Waals surface area contributed by atoms with Gasteiger partial charge in [0.25, 0.3) is 0 Å². The minimum Gasteiger partial charge on any atom is -0.508 e. The summed E-state index contributed by atoms with van der Waals surface area (Å²) in [5.41, 5.74) is 1.74. The highest BCUT2D eigenvalue weighted by atomic mass is 19.1. The fourth-order valence-corrected chi connectivity index (χ4v) is 2.20. The Balaban J connectivity index is 1.86. The third-order valence-electron chi connectivity index (χ3n) is 3.14. The maximum atomic E-state index is 12.8. The summed E-state index contributed by atoms with van der Waals surface area (Å²) in [5.74, 6) is -0.214. The van der Waals surface area contributed by atoms with Gasteiger partial charge in [-0.25, -0.2) is 4.39 Å². The van der Waals surface area contributed by atoms with Crippen molar-refractivity contribution < 1.29 is 14.3 Å². The first-order chi connectivity index (χ1) is 10.0. The molecule has 0 fully saturated rings. The normalized spacial score (nSPS) is 11.9. The monoisotopic (exact) mass is 287 g/mol. The van der Waals surface area contributed by atoms with Gasteiger partial charge >= 0.3 is 0 Å². The number of phenols is 1. The van der Waals surface area contributed by atoms with E-state index in [2.05, 4.69) is 5.32 Å². The van der Waals surface area contributed by atoms with Gasteiger partial charge in [0.05, 0.1) is 6.42 Å². The van der Waals surface area contributed by atoms with Crippen LogP contribution in [0.2, 0.25) is 0 Å². The molecule has 21 heavy (non-hydrogen) atoms. The van der Waals surface area contributed by atoms with Crippen LogP contribution in [0.3, 0.4) is 0 Å². The number of carbonyl (C=O) groups is 1. The number of nitrogens with one attached hydrogen (secondary N) is 1. The lowest BCUT2D eigenvalue weighted by molar-refractivity contribution is -0.121. The van der Waals surface area contributed by atoms with Gasteiger partial charge in [0.15, 0.2) is 0 Å². The second-order valence-corrected chi connectivity index (χ2v) is 5.15. The van der Waals surface area contributed by atoms with Crippen LogP contribution in [0.25, 0.3) is 0 Å². The molecule has 0 aliphatic heterocycles. The summed E-state index contributed by atoms with van der Waals surface area (Å²) >= 11 is 0. The highest BCUT2D eigenvalue weighted by Gasteiger charge is 2.09. The summed E-state index contributed by atoms with van der Waals surface area (Å²) in [6.07, 6.45) is 0.869. The molecule has 2 rings (SSSR count). The van der Waals surface area contributed by atoms with Crippen molar-refractivity contribution >= 4 is 5.91 Å². The molecule has 0 saturated carbocycles. The largest absolute Gasteiger partial charge is 0.508 e. The molecule has 0 aliphatic rings. The standard InChI is InChI=1S/C17H18FNO2/c1-12(9-13-5-7-15(18)8-6-13)19-17(21)11-14-3-2-4-16(20)10-14/h2-8,10,12,20H,9,11H2,1H3,(H,19,21). The number of phenolic OH excluding ortho intramolecular Hbond substituents is 1. The average molecular weight is 287 g/mol. The van der Waals surface area contributed by atoms with Crippen LogP contribution in [0.4, 0.5) is 4.39 Å². The van der Waals surface area contributed by atoms with E-state index >= 15 is 0 Å². The van der Waals surface area contributed by atoms with Crippen molar-refractivity contribution in [2.24, 2.45) is 0 Å². The quantitative estimate of drug-likeness (QED) is 0.888. The molecule has 2 N–H and O–H groups in total. The number of carbonyl (C=O) groups excluding carboxylic acids is 1. The van der Waals surface area contributed by atoms with E-state index < -0.39 is 0 Å². The third kappa shape index (κ3) is 4.91. The Bertz CT molecular complexity index is 610. The molecule has 0 aliphatic carbocycles. The molecule has 0 aromatic heterocycles. The molecule has 0 radical (unpaired) electrons. The molecule has 0 heterocycles. The summed E-state index contributed by atoms with van der Waals surface area (Å²) in [5, 5.41) is 12.3. The van der Waals surface area contributed by atoms with Gasteiger partial charge in [0.1, 0.15) is 11.6 Å². The van der Waals surface area contributed by atoms with Crippen molar-refractivity contribution in [3.63, 3.8) is 0 Å². The van der Waals surface area contributed by atoms with Crippen LogP contribution in [0.15, 0.2) is 48.5 Å². The number of amides is 1. The van der Waals surface area contributed by atoms with E-state index in [1.165, 1.54) is 12.1 Å². The van der Waals surface area contributed by atoms with Gasteiger partial charge < -0.3 is 10.4 Å². The fraction of sp³-hybridized carbons (Fsp3) is 0.235. The Morgan fingerprint density at radius 2 is 1.90 bits per heavy atom. The minimum absolute atomic E-state index is 0.0414. The Morgan fingerprint density at radius 3 is 2.57 bits per heavy atom. The SMILES string of the molecule is CC(Cc1ccc(F)cc1)NC(=O)Cc1cccc(O)c1. The number of benzene rings is 2. The van der Waals surface area contributed by atoms with Crippen molar-refractivity contribution in [3.8, 4) is 5.75 Å². The van der Waals surface area contributed by atoms with Crippen molar-refractivity contribution in [1.29, 1.82) is 0 Å². The summed E-state index contributed by atoms with van der Waals surface area (Å²) < 4.78 is 12.8. The molecule has 0 bridgehead atoms. The van der Waals surface area contributed by atoms with Gasteiger partial charge in [0.2, 0.25) is 5.91 Å². The Morgan fingerprint density at radius 1 is 1.19 bits per heavy atom. The van der Waals surface area contributed by atoms with E-state index in [1.807, 2.05) is 6.92 Å². The van der Waals surface area contributed by atoms with Gasteiger partial charge in [-0.05, 0) is 48.7 Å². The van der Waals surface area contributed by atoms with Crippen molar-refractivity contribution in [2.75, 3.05) is 0 Å². The van der Waals surface area contributed by atoms with Gasteiger partial charge in [-0.15, -0.1) is 0 Å². The van der Waals surface area contributed by atoms with Crippen LogP contribution in [-0.2, 0) is 17.6 Å². The van der Waals surface area contributed by atoms with E-state index in [-0.39, 0.29) is 29.9 Å². The maximum absolute atomic E-state index is 12.8. The highest BCUT2D eigenvalue weighted by Crippen LogP contribution is 2.11. The molecule has 110 valence electrons. The Hall–Kier alpha value is -2.36. The van der Waals surface area contributed by atoms with E-state index in [0.29, 0.717) is 6.42 Å². The van der Waals surface area contributed by atoms with E-state index in [9.17, 15) is 14.3 Å². The van der Waals surface area contributed by atoms with E-state index in [0.717, 1.165) is 11.1 Å². The molecular formula is C17H18FNO2. The predicted molar refractivity (Wildman–Crippen MR) is 79.5 cm³/mol. The van der Waals surface area contributed by atoms with Gasteiger partial charge in [-0.3, -0.25) is 4.79 Å². The second-order valence-electron chi connectivity index (χ2n) is 5.15. The first-order valence-electron chi connectivity index (χ1n) is 6.84. The predicted octanol–water partition coefficient (Wildman–Crippen LogP) is 2.82. The third-order valence-corrected chi connectivity index (χ3v) is 3.14. The van der Waals surface area contributed by atoms with Gasteiger partial charge in [-0.2, -0.15) is 0 Å². The molecule has 2 aromatic carbocycles. The van der Waals surface area contributed by atoms with Crippen LogP contribution < -0.4 is 5.32 Å². The number of rotatable bonds is 5. The summed E-state index contributed by atoms with van der Waals surface area (Å²) in [6.45, 7) is 1.91. The Kier molecular flexibility index (Phi) is 4.93. The zero-order valence-electron chi connectivity index (χ0n) is 11.8. The van der Waals surface area contributed by atoms with Crippen LogP contribution in [0, 0.1) is 5.82 Å². The smallest absolute Gasteiger partial charge is 0.224 e. The van der Waals surface area contributed by atoms with Crippen LogP contribution >= 0.6 is 0 Å². The van der Waals surface area contributed by atoms with Crippen molar-refractivity contribution in [2.45, 2.75) is 25.8 Å². The molecule has 0 saturated heterocycles. The maximum Gasteiger partial charge on any atom is 0.224 e. The minimum atomic E-state index is -0.265. The van der Waals surface area contributed by atoms with Crippen LogP contribution in [-0.4, -0.2) is 17.1 Å². The molecule has 1 amide bonds. The molecular weight excluding hydrogens is 269 g/mol. The fourth-order valence-electron chi connectivity index (χ4n) is 2.20. The number of halogens is 1. The molecule has 4 heteroatoms. The zero-order chi connectivity index (χ0) is 15.2. The van der Waals surface area contributed by atoms with Crippen LogP contribution in [0.1, 0.15) is 18.1 Å². The zero-order valence-corrected chi connectivity index (χ0v) is 11.8. The average Bonchev–Trinajstić information content (AvgIpc) is 2.41. The number of hydrogen-bond acceptors (Lipinski definition) is 2.